The summed E-state index contributed by atoms with van der Waals surface area (Å²) in [6, 6.07) is 3.88. The number of benzene rings is 1. The normalized spacial score (nSPS) is 18.8. The van der Waals surface area contributed by atoms with Gasteiger partial charge in [0.05, 0.1) is 17.7 Å². The number of unbranched alkanes of at least 4 members (excludes halogenated alkanes) is 6. The van der Waals surface area contributed by atoms with Crippen LogP contribution in [0.2, 0.25) is 0 Å². The molecule has 2 aliphatic rings. The molecule has 1 aromatic rings. The molecule has 2 aliphatic heterocycles. The molecule has 1 aromatic carbocycles. The van der Waals surface area contributed by atoms with E-state index >= 15 is 0 Å². The van der Waals surface area contributed by atoms with Crippen molar-refractivity contribution in [1.82, 2.24) is 10.2 Å². The Morgan fingerprint density at radius 1 is 0.966 bits per heavy atom. The molecule has 1 saturated heterocycles. The number of carbonyl (C=O) groups excluding carboxylic acids is 4. The van der Waals surface area contributed by atoms with E-state index in [1.54, 1.807) is 18.2 Å². The molecule has 1 N–H and O–H groups in total. The molecule has 156 valence electrons. The van der Waals surface area contributed by atoms with Gasteiger partial charge in [0.2, 0.25) is 11.8 Å². The van der Waals surface area contributed by atoms with E-state index in [0.717, 1.165) is 17.7 Å². The van der Waals surface area contributed by atoms with Gasteiger partial charge in [0.25, 0.3) is 11.8 Å². The van der Waals surface area contributed by atoms with Gasteiger partial charge in [-0.05, 0) is 31.0 Å². The molecule has 7 nitrogen and oxygen atoms in total. The van der Waals surface area contributed by atoms with Gasteiger partial charge in [0.1, 0.15) is 11.8 Å². The molecule has 0 saturated carbocycles. The van der Waals surface area contributed by atoms with E-state index in [9.17, 15) is 19.2 Å². The number of rotatable bonds is 10. The predicted octanol–water partition coefficient (Wildman–Crippen LogP) is 3.22. The van der Waals surface area contributed by atoms with Crippen LogP contribution in [0.1, 0.15) is 85.4 Å². The molecular formula is C22H28N2O5. The predicted molar refractivity (Wildman–Crippen MR) is 107 cm³/mol. The van der Waals surface area contributed by atoms with Gasteiger partial charge in [0, 0.05) is 6.42 Å². The number of carbonyl (C=O) groups is 4. The molecule has 1 fully saturated rings. The first kappa shape index (κ1) is 21.0. The van der Waals surface area contributed by atoms with Crippen molar-refractivity contribution < 1.29 is 23.9 Å². The third-order valence-corrected chi connectivity index (χ3v) is 5.43. The van der Waals surface area contributed by atoms with Crippen LogP contribution in [0.25, 0.3) is 0 Å². The molecular weight excluding hydrogens is 372 g/mol. The number of ether oxygens (including phenoxy) is 1. The van der Waals surface area contributed by atoms with Crippen molar-refractivity contribution >= 4 is 23.6 Å². The molecule has 0 aromatic heterocycles. The second-order valence-corrected chi connectivity index (χ2v) is 7.62. The Bertz CT molecular complexity index is 804. The molecule has 0 aliphatic carbocycles. The molecule has 7 heteroatoms. The van der Waals surface area contributed by atoms with Crippen molar-refractivity contribution in [2.24, 2.45) is 0 Å². The monoisotopic (exact) mass is 400 g/mol. The minimum atomic E-state index is -0.947. The molecule has 1 unspecified atom stereocenters. The van der Waals surface area contributed by atoms with Crippen LogP contribution >= 0.6 is 0 Å². The third kappa shape index (κ3) is 4.83. The Labute approximate surface area is 170 Å². The van der Waals surface area contributed by atoms with Crippen molar-refractivity contribution in [2.75, 3.05) is 6.61 Å². The first-order valence-corrected chi connectivity index (χ1v) is 10.5. The number of nitrogens with one attached hydrogen (secondary N) is 1. The van der Waals surface area contributed by atoms with Crippen LogP contribution in [0.5, 0.6) is 5.75 Å². The molecule has 29 heavy (non-hydrogen) atoms. The molecule has 0 spiro atoms. The van der Waals surface area contributed by atoms with Crippen molar-refractivity contribution in [3.05, 3.63) is 29.3 Å². The van der Waals surface area contributed by atoms with Crippen LogP contribution in [0.15, 0.2) is 18.2 Å². The maximum Gasteiger partial charge on any atom is 0.262 e. The van der Waals surface area contributed by atoms with Crippen molar-refractivity contribution in [2.45, 2.75) is 70.8 Å². The maximum absolute atomic E-state index is 12.8. The first-order chi connectivity index (χ1) is 14.0. The number of hydrogen-bond donors (Lipinski definition) is 1. The van der Waals surface area contributed by atoms with Crippen LogP contribution in [0, 0.1) is 0 Å². The van der Waals surface area contributed by atoms with Gasteiger partial charge in [-0.15, -0.1) is 0 Å². The van der Waals surface area contributed by atoms with E-state index in [-0.39, 0.29) is 29.9 Å². The Balaban J connectivity index is 1.55. The minimum Gasteiger partial charge on any atom is -0.494 e. The van der Waals surface area contributed by atoms with Crippen molar-refractivity contribution in [3.8, 4) is 5.75 Å². The maximum atomic E-state index is 12.8. The summed E-state index contributed by atoms with van der Waals surface area (Å²) in [6.45, 7) is 2.76. The standard InChI is InChI=1S/C22H28N2O5/c1-2-3-4-5-6-7-8-13-29-15-9-10-16-17(14-15)22(28)24(21(16)27)18-11-12-19(25)23-20(18)26/h9-10,14,18H,2-8,11-13H2,1H3,(H,23,25,26). The van der Waals surface area contributed by atoms with Gasteiger partial charge >= 0.3 is 0 Å². The number of piperidine rings is 1. The zero-order valence-corrected chi connectivity index (χ0v) is 16.9. The van der Waals surface area contributed by atoms with Crippen LogP contribution < -0.4 is 10.1 Å². The highest BCUT2D eigenvalue weighted by atomic mass is 16.5. The highest BCUT2D eigenvalue weighted by molar-refractivity contribution is 6.23. The number of nitrogens with zero attached hydrogens (tertiary/aromatic N) is 1. The minimum absolute atomic E-state index is 0.108. The van der Waals surface area contributed by atoms with E-state index in [1.165, 1.54) is 32.1 Å². The van der Waals surface area contributed by atoms with Crippen molar-refractivity contribution in [1.29, 1.82) is 0 Å². The summed E-state index contributed by atoms with van der Waals surface area (Å²) >= 11 is 0. The summed E-state index contributed by atoms with van der Waals surface area (Å²) in [5, 5.41) is 2.19. The van der Waals surface area contributed by atoms with E-state index in [0.29, 0.717) is 12.4 Å². The topological polar surface area (TPSA) is 92.8 Å². The van der Waals surface area contributed by atoms with Crippen LogP contribution in [0.3, 0.4) is 0 Å². The smallest absolute Gasteiger partial charge is 0.262 e. The van der Waals surface area contributed by atoms with Gasteiger partial charge in [0.15, 0.2) is 0 Å². The molecule has 0 radical (unpaired) electrons. The summed E-state index contributed by atoms with van der Waals surface area (Å²) in [5.41, 5.74) is 0.514. The Hall–Kier alpha value is -2.70. The van der Waals surface area contributed by atoms with Gasteiger partial charge in [-0.3, -0.25) is 29.4 Å². The molecule has 0 bridgehead atoms. The van der Waals surface area contributed by atoms with Gasteiger partial charge in [-0.2, -0.15) is 0 Å². The highest BCUT2D eigenvalue weighted by Crippen LogP contribution is 2.30. The quantitative estimate of drug-likeness (QED) is 0.481. The van der Waals surface area contributed by atoms with E-state index in [4.69, 9.17) is 4.74 Å². The fourth-order valence-corrected chi connectivity index (χ4v) is 3.79. The molecule has 2 heterocycles. The summed E-state index contributed by atoms with van der Waals surface area (Å²) < 4.78 is 5.75. The van der Waals surface area contributed by atoms with Crippen LogP contribution in [0.4, 0.5) is 0 Å². The molecule has 4 amide bonds. The van der Waals surface area contributed by atoms with Crippen LogP contribution in [-0.4, -0.2) is 41.2 Å². The average molecular weight is 400 g/mol. The number of hydrogen-bond acceptors (Lipinski definition) is 5. The Morgan fingerprint density at radius 2 is 1.66 bits per heavy atom. The average Bonchev–Trinajstić information content (AvgIpc) is 2.94. The number of amides is 4. The van der Waals surface area contributed by atoms with Gasteiger partial charge in [-0.25, -0.2) is 0 Å². The summed E-state index contributed by atoms with van der Waals surface area (Å²) in [6.07, 6.45) is 8.56. The lowest BCUT2D eigenvalue weighted by molar-refractivity contribution is -0.136. The second kappa shape index (κ2) is 9.67. The zero-order chi connectivity index (χ0) is 20.8. The highest BCUT2D eigenvalue weighted by Gasteiger charge is 2.44. The fraction of sp³-hybridized carbons (Fsp3) is 0.545. The Kier molecular flexibility index (Phi) is 7.01. The lowest BCUT2D eigenvalue weighted by atomic mass is 10.0. The van der Waals surface area contributed by atoms with Gasteiger partial charge in [-0.1, -0.05) is 45.4 Å². The van der Waals surface area contributed by atoms with E-state index in [1.807, 2.05) is 0 Å². The second-order valence-electron chi connectivity index (χ2n) is 7.62. The summed E-state index contributed by atoms with van der Waals surface area (Å²) in [7, 11) is 0. The summed E-state index contributed by atoms with van der Waals surface area (Å²) in [5.74, 6) is -1.46. The SMILES string of the molecule is CCCCCCCCCOc1ccc2c(c1)C(=O)N(C1CCC(=O)NC1=O)C2=O. The third-order valence-electron chi connectivity index (χ3n) is 5.43. The lowest BCUT2D eigenvalue weighted by Gasteiger charge is -2.27. The number of fused-ring (bicyclic) bond motifs is 1. The first-order valence-electron chi connectivity index (χ1n) is 10.5. The van der Waals surface area contributed by atoms with Crippen molar-refractivity contribution in [3.63, 3.8) is 0 Å². The van der Waals surface area contributed by atoms with Gasteiger partial charge < -0.3 is 4.74 Å². The van der Waals surface area contributed by atoms with E-state index in [2.05, 4.69) is 12.2 Å². The fourth-order valence-electron chi connectivity index (χ4n) is 3.79. The number of imide groups is 2. The Morgan fingerprint density at radius 3 is 2.38 bits per heavy atom. The largest absolute Gasteiger partial charge is 0.494 e. The van der Waals surface area contributed by atoms with E-state index < -0.39 is 23.8 Å². The molecule has 3 rings (SSSR count). The molecule has 1 atom stereocenters. The summed E-state index contributed by atoms with van der Waals surface area (Å²) in [4.78, 5) is 49.8. The lowest BCUT2D eigenvalue weighted by Crippen LogP contribution is -2.54. The van der Waals surface area contributed by atoms with Crippen LogP contribution in [-0.2, 0) is 9.59 Å². The zero-order valence-electron chi connectivity index (χ0n) is 16.9.